The van der Waals surface area contributed by atoms with Gasteiger partial charge in [0.2, 0.25) is 5.89 Å². The number of hydrogen-bond acceptors (Lipinski definition) is 7. The third-order valence-electron chi connectivity index (χ3n) is 7.47. The normalized spacial score (nSPS) is 14.1. The maximum absolute atomic E-state index is 13.1. The number of oxazole rings is 1. The van der Waals surface area contributed by atoms with E-state index in [1.165, 1.54) is 17.2 Å². The van der Waals surface area contributed by atoms with Crippen LogP contribution in [0.15, 0.2) is 65.4 Å². The number of ether oxygens (including phenoxy) is 2. The fourth-order valence-corrected chi connectivity index (χ4v) is 5.23. The fourth-order valence-electron chi connectivity index (χ4n) is 5.23. The highest BCUT2D eigenvalue weighted by atomic mass is 16.5. The first kappa shape index (κ1) is 27.5. The smallest absolute Gasteiger partial charge is 0.309 e. The SMILES string of the molecule is CCOC(=O)C1CCN(C(=O)c2coc(CN(CCc3c[nH]c4ccccc34)Cc3ccc(OC)cc3)n2)CC1. The van der Waals surface area contributed by atoms with E-state index in [1.54, 1.807) is 18.9 Å². The number of methoxy groups -OCH3 is 1. The lowest BCUT2D eigenvalue weighted by molar-refractivity contribution is -0.149. The Kier molecular flexibility index (Phi) is 8.81. The van der Waals surface area contributed by atoms with Crippen molar-refractivity contribution in [1.82, 2.24) is 19.8 Å². The largest absolute Gasteiger partial charge is 0.497 e. The molecule has 0 aliphatic carbocycles. The molecule has 1 aliphatic rings. The Morgan fingerprint density at radius 2 is 1.88 bits per heavy atom. The molecule has 1 N–H and O–H groups in total. The Morgan fingerprint density at radius 3 is 2.62 bits per heavy atom. The molecular formula is C31H36N4O5. The third-order valence-corrected chi connectivity index (χ3v) is 7.47. The second-order valence-corrected chi connectivity index (χ2v) is 10.1. The lowest BCUT2D eigenvalue weighted by atomic mass is 9.97. The first-order chi connectivity index (χ1) is 19.5. The number of piperidine rings is 1. The molecule has 9 nitrogen and oxygen atoms in total. The van der Waals surface area contributed by atoms with Crippen LogP contribution < -0.4 is 4.74 Å². The van der Waals surface area contributed by atoms with Crippen molar-refractivity contribution < 1.29 is 23.5 Å². The maximum Gasteiger partial charge on any atom is 0.309 e. The van der Waals surface area contributed by atoms with E-state index in [1.807, 2.05) is 18.2 Å². The number of rotatable bonds is 11. The van der Waals surface area contributed by atoms with Gasteiger partial charge in [0.15, 0.2) is 5.69 Å². The number of carbonyl (C=O) groups excluding carboxylic acids is 2. The van der Waals surface area contributed by atoms with Gasteiger partial charge in [0.25, 0.3) is 5.91 Å². The molecule has 1 amide bonds. The summed E-state index contributed by atoms with van der Waals surface area (Å²) < 4.78 is 16.2. The van der Waals surface area contributed by atoms with E-state index in [2.05, 4.69) is 51.4 Å². The zero-order valence-corrected chi connectivity index (χ0v) is 23.1. The summed E-state index contributed by atoms with van der Waals surface area (Å²) in [6.07, 6.45) is 5.56. The standard InChI is InChI=1S/C31H36N4O5/c1-3-39-31(37)23-13-16-35(17-14-23)30(36)28-21-40-29(33-28)20-34(19-22-8-10-25(38-2)11-9-22)15-12-24-18-32-27-7-5-4-6-26(24)27/h4-11,18,21,23,32H,3,12-17,19-20H2,1-2H3. The van der Waals surface area contributed by atoms with E-state index in [0.717, 1.165) is 29.8 Å². The molecule has 1 saturated heterocycles. The van der Waals surface area contributed by atoms with Gasteiger partial charge in [-0.25, -0.2) is 4.98 Å². The number of amides is 1. The molecule has 0 atom stereocenters. The molecular weight excluding hydrogens is 508 g/mol. The number of esters is 1. The summed E-state index contributed by atoms with van der Waals surface area (Å²) in [4.78, 5) is 37.1. The zero-order valence-electron chi connectivity index (χ0n) is 23.1. The highest BCUT2D eigenvalue weighted by Gasteiger charge is 2.30. The van der Waals surface area contributed by atoms with Crippen LogP contribution in [-0.4, -0.2) is 65.0 Å². The summed E-state index contributed by atoms with van der Waals surface area (Å²) in [7, 11) is 1.66. The van der Waals surface area contributed by atoms with E-state index in [4.69, 9.17) is 13.9 Å². The lowest BCUT2D eigenvalue weighted by Gasteiger charge is -2.30. The second-order valence-electron chi connectivity index (χ2n) is 10.1. The summed E-state index contributed by atoms with van der Waals surface area (Å²) in [5, 5.41) is 1.22. The van der Waals surface area contributed by atoms with Crippen molar-refractivity contribution in [2.75, 3.05) is 33.4 Å². The molecule has 210 valence electrons. The van der Waals surface area contributed by atoms with E-state index in [0.29, 0.717) is 57.2 Å². The van der Waals surface area contributed by atoms with E-state index >= 15 is 0 Å². The number of likely N-dealkylation sites (tertiary alicyclic amines) is 1. The van der Waals surface area contributed by atoms with Crippen LogP contribution >= 0.6 is 0 Å². The van der Waals surface area contributed by atoms with Crippen LogP contribution in [0.1, 0.15) is 47.3 Å². The van der Waals surface area contributed by atoms with Crippen molar-refractivity contribution >= 4 is 22.8 Å². The molecule has 1 aliphatic heterocycles. The van der Waals surface area contributed by atoms with Gasteiger partial charge in [-0.05, 0) is 55.5 Å². The number of carbonyl (C=O) groups is 2. The number of nitrogens with zero attached hydrogens (tertiary/aromatic N) is 3. The molecule has 5 rings (SSSR count). The average Bonchev–Trinajstić information content (AvgIpc) is 3.63. The topological polar surface area (TPSA) is 101 Å². The number of fused-ring (bicyclic) bond motifs is 1. The Bertz CT molecular complexity index is 1420. The van der Waals surface area contributed by atoms with Crippen molar-refractivity contribution in [3.8, 4) is 5.75 Å². The summed E-state index contributed by atoms with van der Waals surface area (Å²) in [6, 6.07) is 16.3. The summed E-state index contributed by atoms with van der Waals surface area (Å²) >= 11 is 0. The minimum atomic E-state index is -0.178. The molecule has 4 aromatic rings. The molecule has 2 aromatic carbocycles. The number of hydrogen-bond donors (Lipinski definition) is 1. The zero-order chi connectivity index (χ0) is 27.9. The predicted octanol–water partition coefficient (Wildman–Crippen LogP) is 4.82. The van der Waals surface area contributed by atoms with Gasteiger partial charge in [0.05, 0.1) is 26.2 Å². The van der Waals surface area contributed by atoms with Gasteiger partial charge < -0.3 is 23.8 Å². The number of benzene rings is 2. The molecule has 1 fully saturated rings. The van der Waals surface area contributed by atoms with Crippen LogP contribution in [0.4, 0.5) is 0 Å². The van der Waals surface area contributed by atoms with Gasteiger partial charge in [-0.1, -0.05) is 30.3 Å². The van der Waals surface area contributed by atoms with E-state index in [-0.39, 0.29) is 17.8 Å². The molecule has 0 spiro atoms. The number of nitrogens with one attached hydrogen (secondary N) is 1. The Morgan fingerprint density at radius 1 is 1.10 bits per heavy atom. The van der Waals surface area contributed by atoms with Gasteiger partial charge in [0.1, 0.15) is 12.0 Å². The Hall–Kier alpha value is -4.11. The minimum Gasteiger partial charge on any atom is -0.497 e. The monoisotopic (exact) mass is 544 g/mol. The Balaban J connectivity index is 1.25. The molecule has 0 saturated carbocycles. The second kappa shape index (κ2) is 12.8. The van der Waals surface area contributed by atoms with E-state index < -0.39 is 0 Å². The lowest BCUT2D eigenvalue weighted by Crippen LogP contribution is -2.40. The van der Waals surface area contributed by atoms with Crippen molar-refractivity contribution in [3.05, 3.63) is 83.7 Å². The number of para-hydroxylation sites is 1. The van der Waals surface area contributed by atoms with Crippen LogP contribution in [0.25, 0.3) is 10.9 Å². The van der Waals surface area contributed by atoms with Crippen molar-refractivity contribution in [2.45, 2.75) is 39.3 Å². The molecule has 9 heteroatoms. The van der Waals surface area contributed by atoms with Gasteiger partial charge in [-0.2, -0.15) is 0 Å². The van der Waals surface area contributed by atoms with Crippen LogP contribution in [0.3, 0.4) is 0 Å². The van der Waals surface area contributed by atoms with Crippen LogP contribution in [0.5, 0.6) is 5.75 Å². The molecule has 40 heavy (non-hydrogen) atoms. The first-order valence-electron chi connectivity index (χ1n) is 13.8. The predicted molar refractivity (Wildman–Crippen MR) is 151 cm³/mol. The van der Waals surface area contributed by atoms with Crippen LogP contribution in [-0.2, 0) is 29.0 Å². The van der Waals surface area contributed by atoms with Gasteiger partial charge >= 0.3 is 5.97 Å². The molecule has 2 aromatic heterocycles. The maximum atomic E-state index is 13.1. The van der Waals surface area contributed by atoms with Gasteiger partial charge in [-0.3, -0.25) is 14.5 Å². The van der Waals surface area contributed by atoms with Gasteiger partial charge in [-0.15, -0.1) is 0 Å². The summed E-state index contributed by atoms with van der Waals surface area (Å²) in [5.74, 6) is 0.815. The van der Waals surface area contributed by atoms with Crippen LogP contribution in [0.2, 0.25) is 0 Å². The highest BCUT2D eigenvalue weighted by Crippen LogP contribution is 2.22. The fraction of sp³-hybridized carbons (Fsp3) is 0.387. The molecule has 0 radical (unpaired) electrons. The quantitative estimate of drug-likeness (QED) is 0.270. The van der Waals surface area contributed by atoms with Crippen molar-refractivity contribution in [1.29, 1.82) is 0 Å². The number of aromatic amines is 1. The van der Waals surface area contributed by atoms with E-state index in [9.17, 15) is 9.59 Å². The number of aromatic nitrogens is 2. The highest BCUT2D eigenvalue weighted by molar-refractivity contribution is 5.92. The van der Waals surface area contributed by atoms with Gasteiger partial charge in [0, 0.05) is 43.3 Å². The number of H-pyrrole nitrogens is 1. The van der Waals surface area contributed by atoms with Crippen molar-refractivity contribution in [3.63, 3.8) is 0 Å². The summed E-state index contributed by atoms with van der Waals surface area (Å²) in [5.41, 5.74) is 3.82. The minimum absolute atomic E-state index is 0.152. The molecule has 0 bridgehead atoms. The Labute approximate surface area is 234 Å². The molecule has 3 heterocycles. The molecule has 0 unspecified atom stereocenters. The van der Waals surface area contributed by atoms with Crippen molar-refractivity contribution in [2.24, 2.45) is 5.92 Å². The van der Waals surface area contributed by atoms with Crippen LogP contribution in [0, 0.1) is 5.92 Å². The summed E-state index contributed by atoms with van der Waals surface area (Å²) in [6.45, 7) is 5.11. The first-order valence-corrected chi connectivity index (χ1v) is 13.8. The average molecular weight is 545 g/mol. The third kappa shape index (κ3) is 6.54.